The predicted octanol–water partition coefficient (Wildman–Crippen LogP) is 2.03. The molecule has 0 aromatic rings. The van der Waals surface area contributed by atoms with Gasteiger partial charge in [0.05, 0.1) is 5.75 Å². The number of hydrogen-bond donors (Lipinski definition) is 1. The van der Waals surface area contributed by atoms with E-state index in [2.05, 4.69) is 0 Å². The third kappa shape index (κ3) is 5.16. The van der Waals surface area contributed by atoms with Crippen molar-refractivity contribution in [3.8, 4) is 0 Å². The van der Waals surface area contributed by atoms with Crippen LogP contribution in [0.4, 0.5) is 13.2 Å². The molecule has 3 nitrogen and oxygen atoms in total. The Morgan fingerprint density at radius 1 is 1.12 bits per heavy atom. The minimum Gasteiger partial charge on any atom is -0.229 e. The van der Waals surface area contributed by atoms with Gasteiger partial charge in [0, 0.05) is 6.42 Å². The first-order chi connectivity index (χ1) is 7.17. The lowest BCUT2D eigenvalue weighted by Crippen LogP contribution is -2.32. The van der Waals surface area contributed by atoms with Gasteiger partial charge in [-0.15, -0.1) is 0 Å². The van der Waals surface area contributed by atoms with Crippen molar-refractivity contribution in [2.24, 2.45) is 17.0 Å². The van der Waals surface area contributed by atoms with Gasteiger partial charge < -0.3 is 0 Å². The molecule has 0 spiro atoms. The Labute approximate surface area is 93.3 Å². The summed E-state index contributed by atoms with van der Waals surface area (Å²) in [6.07, 6.45) is -2.63. The third-order valence-corrected chi connectivity index (χ3v) is 3.90. The van der Waals surface area contributed by atoms with E-state index in [1.807, 2.05) is 0 Å². The lowest BCUT2D eigenvalue weighted by atomic mass is 9.78. The van der Waals surface area contributed by atoms with E-state index in [4.69, 9.17) is 5.14 Å². The molecule has 2 atom stereocenters. The zero-order valence-corrected chi connectivity index (χ0v) is 9.65. The quantitative estimate of drug-likeness (QED) is 0.843. The number of nitrogens with two attached hydrogens (primary N) is 1. The van der Waals surface area contributed by atoms with E-state index >= 15 is 0 Å². The van der Waals surface area contributed by atoms with Crippen molar-refractivity contribution in [3.63, 3.8) is 0 Å². The molecule has 0 aromatic heterocycles. The number of alkyl halides is 3. The first-order valence-corrected chi connectivity index (χ1v) is 6.96. The summed E-state index contributed by atoms with van der Waals surface area (Å²) in [7, 11) is -3.68. The molecule has 1 aliphatic rings. The number of halogens is 3. The maximum Gasteiger partial charge on any atom is 0.389 e. The second kappa shape index (κ2) is 4.91. The molecule has 96 valence electrons. The molecule has 0 aromatic carbocycles. The van der Waals surface area contributed by atoms with Crippen LogP contribution in [-0.2, 0) is 10.0 Å². The minimum atomic E-state index is -4.22. The van der Waals surface area contributed by atoms with Crippen LogP contribution in [0.2, 0.25) is 0 Å². The van der Waals surface area contributed by atoms with Crippen LogP contribution < -0.4 is 5.14 Å². The molecular weight excluding hydrogens is 243 g/mol. The van der Waals surface area contributed by atoms with Gasteiger partial charge >= 0.3 is 6.18 Å². The highest BCUT2D eigenvalue weighted by Crippen LogP contribution is 2.38. The molecule has 0 amide bonds. The molecule has 0 aliphatic heterocycles. The second-order valence-corrected chi connectivity index (χ2v) is 6.11. The van der Waals surface area contributed by atoms with Crippen LogP contribution >= 0.6 is 0 Å². The summed E-state index contributed by atoms with van der Waals surface area (Å²) in [5, 5.41) is 4.88. The van der Waals surface area contributed by atoms with Crippen LogP contribution in [0, 0.1) is 11.8 Å². The highest BCUT2D eigenvalue weighted by molar-refractivity contribution is 7.89. The zero-order valence-electron chi connectivity index (χ0n) is 8.83. The summed E-state index contributed by atoms with van der Waals surface area (Å²) in [6.45, 7) is 0. The SMILES string of the molecule is NS(=O)(=O)CC1CCCCC1CC(F)(F)F. The average molecular weight is 259 g/mol. The van der Waals surface area contributed by atoms with Crippen LogP contribution in [0.25, 0.3) is 0 Å². The minimum absolute atomic E-state index is 0.326. The number of rotatable bonds is 3. The number of primary sulfonamides is 1. The van der Waals surface area contributed by atoms with Crippen LogP contribution in [0.15, 0.2) is 0 Å². The maximum atomic E-state index is 12.3. The number of hydrogen-bond acceptors (Lipinski definition) is 2. The van der Waals surface area contributed by atoms with Gasteiger partial charge in [-0.25, -0.2) is 13.6 Å². The zero-order chi connectivity index (χ0) is 12.4. The lowest BCUT2D eigenvalue weighted by Gasteiger charge is -2.31. The van der Waals surface area contributed by atoms with Gasteiger partial charge in [0.1, 0.15) is 0 Å². The van der Waals surface area contributed by atoms with E-state index in [0.717, 1.165) is 12.8 Å². The largest absolute Gasteiger partial charge is 0.389 e. The fraction of sp³-hybridized carbons (Fsp3) is 1.00. The van der Waals surface area contributed by atoms with Crippen molar-refractivity contribution >= 4 is 10.0 Å². The first kappa shape index (κ1) is 13.8. The summed E-state index contributed by atoms with van der Waals surface area (Å²) in [5.74, 6) is -1.36. The fourth-order valence-electron chi connectivity index (χ4n) is 2.37. The maximum absolute atomic E-state index is 12.3. The molecule has 16 heavy (non-hydrogen) atoms. The van der Waals surface area contributed by atoms with Crippen molar-refractivity contribution in [2.75, 3.05) is 5.75 Å². The van der Waals surface area contributed by atoms with Crippen molar-refractivity contribution in [3.05, 3.63) is 0 Å². The third-order valence-electron chi connectivity index (χ3n) is 3.01. The van der Waals surface area contributed by atoms with Crippen molar-refractivity contribution in [1.29, 1.82) is 0 Å². The number of sulfonamides is 1. The van der Waals surface area contributed by atoms with E-state index in [0.29, 0.717) is 12.8 Å². The van der Waals surface area contributed by atoms with Crippen LogP contribution in [-0.4, -0.2) is 20.3 Å². The predicted molar refractivity (Wildman–Crippen MR) is 54.1 cm³/mol. The average Bonchev–Trinajstić information content (AvgIpc) is 2.03. The molecule has 0 heterocycles. The summed E-state index contributed by atoms with van der Waals surface area (Å²) in [6, 6.07) is 0. The smallest absolute Gasteiger partial charge is 0.229 e. The fourth-order valence-corrected chi connectivity index (χ4v) is 3.40. The van der Waals surface area contributed by atoms with Crippen molar-refractivity contribution in [1.82, 2.24) is 0 Å². The Morgan fingerprint density at radius 3 is 2.06 bits per heavy atom. The van der Waals surface area contributed by atoms with E-state index < -0.39 is 34.5 Å². The summed E-state index contributed by atoms with van der Waals surface area (Å²) < 4.78 is 58.6. The standard InChI is InChI=1S/C9H16F3NO2S/c10-9(11,12)5-7-3-1-2-4-8(7)6-16(13,14)15/h7-8H,1-6H2,(H2,13,14,15). The topological polar surface area (TPSA) is 60.2 Å². The van der Waals surface area contributed by atoms with Gasteiger partial charge in [-0.3, -0.25) is 0 Å². The highest BCUT2D eigenvalue weighted by Gasteiger charge is 2.37. The molecule has 7 heteroatoms. The summed E-state index contributed by atoms with van der Waals surface area (Å²) in [4.78, 5) is 0. The van der Waals surface area contributed by atoms with Gasteiger partial charge in [0.25, 0.3) is 0 Å². The molecule has 0 radical (unpaired) electrons. The second-order valence-electron chi connectivity index (χ2n) is 4.45. The molecule has 1 fully saturated rings. The first-order valence-electron chi connectivity index (χ1n) is 5.24. The van der Waals surface area contributed by atoms with E-state index in [9.17, 15) is 21.6 Å². The van der Waals surface area contributed by atoms with Crippen molar-refractivity contribution < 1.29 is 21.6 Å². The monoisotopic (exact) mass is 259 g/mol. The highest BCUT2D eigenvalue weighted by atomic mass is 32.2. The van der Waals surface area contributed by atoms with E-state index in [1.54, 1.807) is 0 Å². The Kier molecular flexibility index (Phi) is 4.23. The van der Waals surface area contributed by atoms with Crippen molar-refractivity contribution in [2.45, 2.75) is 38.3 Å². The van der Waals surface area contributed by atoms with Gasteiger partial charge in [-0.1, -0.05) is 12.8 Å². The van der Waals surface area contributed by atoms with Gasteiger partial charge in [0.15, 0.2) is 0 Å². The van der Waals surface area contributed by atoms with Crippen LogP contribution in [0.5, 0.6) is 0 Å². The van der Waals surface area contributed by atoms with Gasteiger partial charge in [0.2, 0.25) is 10.0 Å². The summed E-state index contributed by atoms with van der Waals surface area (Å²) >= 11 is 0. The Balaban J connectivity index is 2.64. The van der Waals surface area contributed by atoms with Crippen LogP contribution in [0.3, 0.4) is 0 Å². The van der Waals surface area contributed by atoms with E-state index in [1.165, 1.54) is 0 Å². The molecule has 1 aliphatic carbocycles. The van der Waals surface area contributed by atoms with E-state index in [-0.39, 0.29) is 5.75 Å². The molecule has 0 saturated heterocycles. The molecule has 2 N–H and O–H groups in total. The normalized spacial score (nSPS) is 28.0. The Hall–Kier alpha value is -0.300. The van der Waals surface area contributed by atoms with Crippen LogP contribution in [0.1, 0.15) is 32.1 Å². The Bertz CT molecular complexity index is 326. The van der Waals surface area contributed by atoms with Gasteiger partial charge in [-0.2, -0.15) is 13.2 Å². The summed E-state index contributed by atoms with van der Waals surface area (Å²) in [5.41, 5.74) is 0. The lowest BCUT2D eigenvalue weighted by molar-refractivity contribution is -0.150. The molecule has 1 saturated carbocycles. The van der Waals surface area contributed by atoms with Gasteiger partial charge in [-0.05, 0) is 24.7 Å². The molecule has 0 bridgehead atoms. The molecular formula is C9H16F3NO2S. The Morgan fingerprint density at radius 2 is 1.62 bits per heavy atom. The molecule has 1 rings (SSSR count). The molecule has 2 unspecified atom stereocenters.